The van der Waals surface area contributed by atoms with E-state index in [2.05, 4.69) is 5.32 Å². The molecule has 2 aliphatic heterocycles. The van der Waals surface area contributed by atoms with Crippen molar-refractivity contribution in [2.24, 2.45) is 11.8 Å². The first-order valence-corrected chi connectivity index (χ1v) is 8.38. The average molecular weight is 348 g/mol. The Hall–Kier alpha value is -3.12. The maximum atomic E-state index is 12.7. The van der Waals surface area contributed by atoms with Crippen LogP contribution in [0.4, 0.5) is 5.69 Å². The van der Waals surface area contributed by atoms with Gasteiger partial charge in [0.25, 0.3) is 0 Å². The molecule has 0 aliphatic carbocycles. The van der Waals surface area contributed by atoms with Gasteiger partial charge in [0.15, 0.2) is 0 Å². The Morgan fingerprint density at radius 3 is 2.46 bits per heavy atom. The number of furan rings is 1. The Labute approximate surface area is 148 Å². The standard InChI is InChI=1S/C20H15NO5/c22-19(17-14-7-8-15(26-14)18(17)20(23)24)21-10-5-6-12-11-3-1-2-4-13(11)25-16(12)9-10/h1-9,14-15,17-18H,(H,21,22)(H,23,24)/p-1/t14-,15+,17+,18-/m0/s1. The molecule has 6 nitrogen and oxygen atoms in total. The van der Waals surface area contributed by atoms with Gasteiger partial charge in [0.05, 0.1) is 18.1 Å². The number of carboxylic acids is 1. The molecule has 2 aliphatic rings. The molecule has 4 atom stereocenters. The Bertz CT molecular complexity index is 1080. The summed E-state index contributed by atoms with van der Waals surface area (Å²) in [7, 11) is 0. The molecule has 26 heavy (non-hydrogen) atoms. The monoisotopic (exact) mass is 348 g/mol. The van der Waals surface area contributed by atoms with Gasteiger partial charge in [0, 0.05) is 34.4 Å². The Morgan fingerprint density at radius 2 is 1.65 bits per heavy atom. The zero-order valence-corrected chi connectivity index (χ0v) is 13.5. The lowest BCUT2D eigenvalue weighted by Gasteiger charge is -2.24. The van der Waals surface area contributed by atoms with Crippen molar-refractivity contribution in [3.05, 3.63) is 54.6 Å². The van der Waals surface area contributed by atoms with Crippen LogP contribution in [0.15, 0.2) is 59.0 Å². The van der Waals surface area contributed by atoms with Gasteiger partial charge in [-0.15, -0.1) is 0 Å². The highest BCUT2D eigenvalue weighted by molar-refractivity contribution is 6.06. The first-order chi connectivity index (χ1) is 12.6. The molecule has 1 amide bonds. The van der Waals surface area contributed by atoms with Crippen molar-refractivity contribution in [3.63, 3.8) is 0 Å². The minimum absolute atomic E-state index is 0.397. The molecule has 1 fully saturated rings. The van der Waals surface area contributed by atoms with Crippen LogP contribution in [-0.2, 0) is 14.3 Å². The summed E-state index contributed by atoms with van der Waals surface area (Å²) >= 11 is 0. The summed E-state index contributed by atoms with van der Waals surface area (Å²) in [5.74, 6) is -3.44. The van der Waals surface area contributed by atoms with Gasteiger partial charge < -0.3 is 24.4 Å². The number of benzene rings is 2. The number of anilines is 1. The number of para-hydroxylation sites is 1. The van der Waals surface area contributed by atoms with Gasteiger partial charge in [-0.2, -0.15) is 0 Å². The van der Waals surface area contributed by atoms with Crippen LogP contribution in [0.25, 0.3) is 21.9 Å². The molecule has 1 saturated heterocycles. The second-order valence-corrected chi connectivity index (χ2v) is 6.62. The number of carbonyl (C=O) groups excluding carboxylic acids is 2. The first kappa shape index (κ1) is 15.2. The maximum Gasteiger partial charge on any atom is 0.231 e. The van der Waals surface area contributed by atoms with Crippen molar-refractivity contribution in [3.8, 4) is 0 Å². The highest BCUT2D eigenvalue weighted by Crippen LogP contribution is 2.39. The molecule has 0 spiro atoms. The van der Waals surface area contributed by atoms with Gasteiger partial charge in [0.2, 0.25) is 5.91 Å². The fourth-order valence-corrected chi connectivity index (χ4v) is 3.93. The normalized spacial score (nSPS) is 26.6. The molecule has 0 radical (unpaired) electrons. The number of aliphatic carboxylic acids is 1. The molecule has 0 unspecified atom stereocenters. The van der Waals surface area contributed by atoms with Gasteiger partial charge in [-0.3, -0.25) is 4.79 Å². The lowest BCUT2D eigenvalue weighted by molar-refractivity contribution is -0.313. The molecular formula is C20H14NO5-. The van der Waals surface area contributed by atoms with E-state index in [1.807, 2.05) is 30.3 Å². The van der Waals surface area contributed by atoms with Crippen molar-refractivity contribution in [2.75, 3.05) is 5.32 Å². The predicted octanol–water partition coefficient (Wildman–Crippen LogP) is 1.84. The molecule has 1 N–H and O–H groups in total. The average Bonchev–Trinajstić information content (AvgIpc) is 3.33. The summed E-state index contributed by atoms with van der Waals surface area (Å²) in [5.41, 5.74) is 1.98. The van der Waals surface area contributed by atoms with E-state index in [-0.39, 0.29) is 0 Å². The van der Waals surface area contributed by atoms with E-state index in [0.29, 0.717) is 11.3 Å². The number of hydrogen-bond donors (Lipinski definition) is 1. The highest BCUT2D eigenvalue weighted by atomic mass is 16.5. The van der Waals surface area contributed by atoms with Crippen molar-refractivity contribution in [1.82, 2.24) is 0 Å². The molecule has 3 aromatic rings. The Kier molecular flexibility index (Phi) is 3.17. The summed E-state index contributed by atoms with van der Waals surface area (Å²) in [6.07, 6.45) is 2.28. The molecular weight excluding hydrogens is 334 g/mol. The van der Waals surface area contributed by atoms with Gasteiger partial charge in [-0.1, -0.05) is 30.4 Å². The molecule has 2 bridgehead atoms. The van der Waals surface area contributed by atoms with Crippen LogP contribution in [0.2, 0.25) is 0 Å². The zero-order valence-electron chi connectivity index (χ0n) is 13.5. The van der Waals surface area contributed by atoms with Crippen molar-refractivity contribution < 1.29 is 23.8 Å². The minimum atomic E-state index is -1.27. The number of carbonyl (C=O) groups is 2. The number of ether oxygens (including phenoxy) is 1. The van der Waals surface area contributed by atoms with E-state index in [1.165, 1.54) is 0 Å². The molecule has 5 rings (SSSR count). The molecule has 0 saturated carbocycles. The third-order valence-corrected chi connectivity index (χ3v) is 5.12. The quantitative estimate of drug-likeness (QED) is 0.729. The summed E-state index contributed by atoms with van der Waals surface area (Å²) in [4.78, 5) is 24.1. The van der Waals surface area contributed by atoms with Crippen molar-refractivity contribution in [1.29, 1.82) is 0 Å². The third-order valence-electron chi connectivity index (χ3n) is 5.12. The van der Waals surface area contributed by atoms with E-state index in [0.717, 1.165) is 16.4 Å². The number of rotatable bonds is 3. The zero-order chi connectivity index (χ0) is 17.8. The number of carboxylic acid groups (broad SMARTS) is 1. The largest absolute Gasteiger partial charge is 0.550 e. The smallest absolute Gasteiger partial charge is 0.231 e. The Balaban J connectivity index is 1.45. The predicted molar refractivity (Wildman–Crippen MR) is 92.1 cm³/mol. The van der Waals surface area contributed by atoms with Crippen LogP contribution < -0.4 is 10.4 Å². The van der Waals surface area contributed by atoms with E-state index in [1.54, 1.807) is 24.3 Å². The second-order valence-electron chi connectivity index (χ2n) is 6.62. The van der Waals surface area contributed by atoms with Crippen molar-refractivity contribution >= 4 is 39.5 Å². The van der Waals surface area contributed by atoms with Crippen LogP contribution in [0.1, 0.15) is 0 Å². The van der Waals surface area contributed by atoms with E-state index < -0.39 is 35.9 Å². The lowest BCUT2D eigenvalue weighted by atomic mass is 9.82. The number of fused-ring (bicyclic) bond motifs is 5. The first-order valence-electron chi connectivity index (χ1n) is 8.38. The number of hydrogen-bond acceptors (Lipinski definition) is 5. The maximum absolute atomic E-state index is 12.7. The van der Waals surface area contributed by atoms with Gasteiger partial charge >= 0.3 is 0 Å². The van der Waals surface area contributed by atoms with Gasteiger partial charge in [-0.25, -0.2) is 0 Å². The second kappa shape index (κ2) is 5.44. The Morgan fingerprint density at radius 1 is 0.923 bits per heavy atom. The molecule has 1 aromatic heterocycles. The van der Waals surface area contributed by atoms with Crippen molar-refractivity contribution in [2.45, 2.75) is 12.2 Å². The SMILES string of the molecule is O=C([O-])[C@@H]1[C@H](C(=O)Nc2ccc3c(c2)oc2ccccc23)[C@@H]2C=C[C@H]1O2. The van der Waals surface area contributed by atoms with E-state index in [4.69, 9.17) is 9.15 Å². The molecule has 6 heteroatoms. The van der Waals surface area contributed by atoms with Crippen LogP contribution in [0, 0.1) is 11.8 Å². The van der Waals surface area contributed by atoms with E-state index >= 15 is 0 Å². The highest BCUT2D eigenvalue weighted by Gasteiger charge is 2.50. The molecule has 2 aromatic carbocycles. The molecule has 130 valence electrons. The third kappa shape index (κ3) is 2.16. The summed E-state index contributed by atoms with van der Waals surface area (Å²) in [6.45, 7) is 0. The topological polar surface area (TPSA) is 91.6 Å². The molecule has 3 heterocycles. The summed E-state index contributed by atoms with van der Waals surface area (Å²) in [5, 5.41) is 16.2. The van der Waals surface area contributed by atoms with Gasteiger partial charge in [-0.05, 0) is 18.2 Å². The summed E-state index contributed by atoms with van der Waals surface area (Å²) in [6, 6.07) is 13.1. The van der Waals surface area contributed by atoms with Crippen LogP contribution in [-0.4, -0.2) is 24.1 Å². The fraction of sp³-hybridized carbons (Fsp3) is 0.200. The van der Waals surface area contributed by atoms with Crippen LogP contribution in [0.5, 0.6) is 0 Å². The lowest BCUT2D eigenvalue weighted by Crippen LogP contribution is -2.45. The minimum Gasteiger partial charge on any atom is -0.550 e. The summed E-state index contributed by atoms with van der Waals surface area (Å²) < 4.78 is 11.3. The fourth-order valence-electron chi connectivity index (χ4n) is 3.93. The van der Waals surface area contributed by atoms with Crippen LogP contribution in [0.3, 0.4) is 0 Å². The van der Waals surface area contributed by atoms with Crippen LogP contribution >= 0.6 is 0 Å². The van der Waals surface area contributed by atoms with E-state index in [9.17, 15) is 14.7 Å². The number of nitrogens with one attached hydrogen (secondary N) is 1. The van der Waals surface area contributed by atoms with Gasteiger partial charge in [0.1, 0.15) is 11.2 Å². The number of amides is 1.